The molecule has 138 valence electrons. The lowest BCUT2D eigenvalue weighted by molar-refractivity contribution is 0.142. The Morgan fingerprint density at radius 1 is 1.04 bits per heavy atom. The predicted octanol–water partition coefficient (Wildman–Crippen LogP) is 4.85. The van der Waals surface area contributed by atoms with Crippen molar-refractivity contribution < 1.29 is 13.9 Å². The van der Waals surface area contributed by atoms with E-state index in [4.69, 9.17) is 11.2 Å². The molecule has 3 aromatic rings. The Kier molecular flexibility index (Phi) is 4.82. The van der Waals surface area contributed by atoms with Crippen molar-refractivity contribution in [3.8, 4) is 23.5 Å². The van der Waals surface area contributed by atoms with Gasteiger partial charge in [-0.3, -0.25) is 0 Å². The Labute approximate surface area is 163 Å². The molecule has 0 atom stereocenters. The predicted molar refractivity (Wildman–Crippen MR) is 106 cm³/mol. The van der Waals surface area contributed by atoms with Gasteiger partial charge >= 0.3 is 6.09 Å². The van der Waals surface area contributed by atoms with Crippen LogP contribution in [-0.2, 0) is 11.3 Å². The molecule has 4 heteroatoms. The quantitative estimate of drug-likeness (QED) is 0.666. The Balaban J connectivity index is 1.43. The summed E-state index contributed by atoms with van der Waals surface area (Å²) < 4.78 is 18.9. The third-order valence-electron chi connectivity index (χ3n) is 4.99. The second-order valence-corrected chi connectivity index (χ2v) is 6.62. The molecule has 0 spiro atoms. The largest absolute Gasteiger partial charge is 0.449 e. The van der Waals surface area contributed by atoms with Gasteiger partial charge in [-0.2, -0.15) is 0 Å². The Morgan fingerprint density at radius 2 is 1.68 bits per heavy atom. The lowest BCUT2D eigenvalue weighted by Gasteiger charge is -2.15. The topological polar surface area (TPSA) is 38.3 Å². The molecule has 1 amide bonds. The average Bonchev–Trinajstić information content (AvgIpc) is 3.05. The molecule has 1 aliphatic rings. The number of alkyl carbamates (subject to hydrolysis) is 1. The van der Waals surface area contributed by atoms with Crippen LogP contribution >= 0.6 is 0 Å². The first-order valence-electron chi connectivity index (χ1n) is 9.01. The molecule has 0 saturated heterocycles. The molecule has 0 radical (unpaired) electrons. The fraction of sp³-hybridized carbons (Fsp3) is 0.125. The van der Waals surface area contributed by atoms with E-state index in [1.807, 2.05) is 24.3 Å². The maximum atomic E-state index is 13.4. The second kappa shape index (κ2) is 7.58. The van der Waals surface area contributed by atoms with Gasteiger partial charge in [-0.25, -0.2) is 9.18 Å². The molecule has 28 heavy (non-hydrogen) atoms. The number of terminal acetylenes is 1. The molecule has 0 saturated carbocycles. The van der Waals surface area contributed by atoms with Crippen LogP contribution in [0.5, 0.6) is 0 Å². The molecule has 0 aromatic heterocycles. The summed E-state index contributed by atoms with van der Waals surface area (Å²) in [6.07, 6.45) is 4.86. The van der Waals surface area contributed by atoms with Crippen molar-refractivity contribution in [1.29, 1.82) is 0 Å². The molecule has 3 nitrogen and oxygen atoms in total. The van der Waals surface area contributed by atoms with Crippen LogP contribution < -0.4 is 5.32 Å². The van der Waals surface area contributed by atoms with Gasteiger partial charge in [-0.1, -0.05) is 54.5 Å². The fourth-order valence-corrected chi connectivity index (χ4v) is 3.67. The van der Waals surface area contributed by atoms with E-state index < -0.39 is 11.9 Å². The fourth-order valence-electron chi connectivity index (χ4n) is 3.67. The first-order valence-corrected chi connectivity index (χ1v) is 9.01. The van der Waals surface area contributed by atoms with E-state index >= 15 is 0 Å². The van der Waals surface area contributed by atoms with Crippen molar-refractivity contribution in [2.45, 2.75) is 12.5 Å². The summed E-state index contributed by atoms with van der Waals surface area (Å²) in [5.41, 5.74) is 5.72. The van der Waals surface area contributed by atoms with Crippen LogP contribution in [0.3, 0.4) is 0 Å². The summed E-state index contributed by atoms with van der Waals surface area (Å²) in [4.78, 5) is 12.2. The molecule has 1 N–H and O–H groups in total. The number of benzene rings is 3. The van der Waals surface area contributed by atoms with E-state index in [-0.39, 0.29) is 19.1 Å². The average molecular weight is 371 g/mol. The van der Waals surface area contributed by atoms with Gasteiger partial charge in [0.15, 0.2) is 0 Å². The minimum Gasteiger partial charge on any atom is -0.449 e. The molecule has 0 unspecified atom stereocenters. The zero-order valence-electron chi connectivity index (χ0n) is 15.1. The van der Waals surface area contributed by atoms with E-state index in [1.165, 1.54) is 29.3 Å². The van der Waals surface area contributed by atoms with E-state index in [0.29, 0.717) is 11.1 Å². The highest BCUT2D eigenvalue weighted by molar-refractivity contribution is 5.79. The Morgan fingerprint density at radius 3 is 2.32 bits per heavy atom. The van der Waals surface area contributed by atoms with Crippen molar-refractivity contribution >= 4 is 6.09 Å². The number of amides is 1. The molecule has 0 aliphatic heterocycles. The number of hydrogen-bond donors (Lipinski definition) is 1. The van der Waals surface area contributed by atoms with Gasteiger partial charge < -0.3 is 10.1 Å². The molecular formula is C24H18FNO2. The molecule has 0 heterocycles. The van der Waals surface area contributed by atoms with Crippen LogP contribution in [0.15, 0.2) is 66.7 Å². The van der Waals surface area contributed by atoms with E-state index in [2.05, 4.69) is 35.5 Å². The molecule has 0 fully saturated rings. The summed E-state index contributed by atoms with van der Waals surface area (Å²) in [5, 5.41) is 2.65. The van der Waals surface area contributed by atoms with Crippen molar-refractivity contribution in [3.63, 3.8) is 0 Å². The van der Waals surface area contributed by atoms with Gasteiger partial charge in [0.2, 0.25) is 0 Å². The number of carbonyl (C=O) groups is 1. The van der Waals surface area contributed by atoms with Crippen LogP contribution in [0.4, 0.5) is 9.18 Å². The van der Waals surface area contributed by atoms with Crippen LogP contribution in [0.1, 0.15) is 28.2 Å². The van der Waals surface area contributed by atoms with Crippen molar-refractivity contribution in [3.05, 3.63) is 94.8 Å². The highest BCUT2D eigenvalue weighted by atomic mass is 19.1. The van der Waals surface area contributed by atoms with Gasteiger partial charge in [0.25, 0.3) is 0 Å². The number of carbonyl (C=O) groups excluding carboxylic acids is 1. The number of fused-ring (bicyclic) bond motifs is 3. The number of nitrogens with one attached hydrogen (secondary N) is 1. The molecule has 0 bridgehead atoms. The highest BCUT2D eigenvalue weighted by Crippen LogP contribution is 2.44. The lowest BCUT2D eigenvalue weighted by Crippen LogP contribution is -2.26. The maximum absolute atomic E-state index is 13.4. The van der Waals surface area contributed by atoms with Crippen molar-refractivity contribution in [2.24, 2.45) is 0 Å². The molecular weight excluding hydrogens is 353 g/mol. The normalized spacial score (nSPS) is 12.0. The highest BCUT2D eigenvalue weighted by Gasteiger charge is 2.28. The third-order valence-corrected chi connectivity index (χ3v) is 4.99. The zero-order valence-corrected chi connectivity index (χ0v) is 15.1. The minimum atomic E-state index is -0.561. The number of halogens is 1. The summed E-state index contributed by atoms with van der Waals surface area (Å²) in [6, 6.07) is 20.4. The SMILES string of the molecule is C#Cc1ccc(F)cc1CNC(=O)OCC1c2ccccc2-c2ccccc21. The van der Waals surface area contributed by atoms with Crippen LogP contribution in [0.25, 0.3) is 11.1 Å². The third kappa shape index (κ3) is 3.35. The first-order chi connectivity index (χ1) is 13.7. The molecule has 4 rings (SSSR count). The Bertz CT molecular complexity index is 1040. The van der Waals surface area contributed by atoms with Crippen LogP contribution in [0, 0.1) is 18.2 Å². The lowest BCUT2D eigenvalue weighted by atomic mass is 9.98. The maximum Gasteiger partial charge on any atom is 0.407 e. The van der Waals surface area contributed by atoms with Crippen LogP contribution in [-0.4, -0.2) is 12.7 Å². The smallest absolute Gasteiger partial charge is 0.407 e. The van der Waals surface area contributed by atoms with Crippen molar-refractivity contribution in [1.82, 2.24) is 5.32 Å². The van der Waals surface area contributed by atoms with Crippen molar-refractivity contribution in [2.75, 3.05) is 6.61 Å². The van der Waals surface area contributed by atoms with Gasteiger partial charge in [-0.15, -0.1) is 6.42 Å². The zero-order chi connectivity index (χ0) is 19.5. The van der Waals surface area contributed by atoms with Gasteiger partial charge in [0.05, 0.1) is 0 Å². The number of ether oxygens (including phenoxy) is 1. The minimum absolute atomic E-state index is 0.00594. The van der Waals surface area contributed by atoms with Gasteiger partial charge in [0.1, 0.15) is 12.4 Å². The van der Waals surface area contributed by atoms with E-state index in [1.54, 1.807) is 0 Å². The van der Waals surface area contributed by atoms with Gasteiger partial charge in [-0.05, 0) is 46.0 Å². The monoisotopic (exact) mass is 371 g/mol. The Hall–Kier alpha value is -3.58. The first kappa shape index (κ1) is 17.8. The van der Waals surface area contributed by atoms with E-state index in [9.17, 15) is 9.18 Å². The second-order valence-electron chi connectivity index (χ2n) is 6.62. The summed E-state index contributed by atoms with van der Waals surface area (Å²) in [7, 11) is 0. The van der Waals surface area contributed by atoms with Crippen LogP contribution in [0.2, 0.25) is 0 Å². The standard InChI is InChI=1S/C24H18FNO2/c1-2-16-11-12-18(25)13-17(16)14-26-24(27)28-15-23-21-9-5-3-7-19(21)20-8-4-6-10-22(20)23/h1,3-13,23H,14-15H2,(H,26,27). The van der Waals surface area contributed by atoms with E-state index in [0.717, 1.165) is 11.1 Å². The number of rotatable bonds is 4. The van der Waals surface area contributed by atoms with Gasteiger partial charge in [0, 0.05) is 18.0 Å². The summed E-state index contributed by atoms with van der Waals surface area (Å²) in [5.74, 6) is 2.08. The summed E-state index contributed by atoms with van der Waals surface area (Å²) >= 11 is 0. The number of hydrogen-bond acceptors (Lipinski definition) is 2. The summed E-state index contributed by atoms with van der Waals surface area (Å²) in [6.45, 7) is 0.332. The molecule has 1 aliphatic carbocycles. The molecule has 3 aromatic carbocycles.